The van der Waals surface area contributed by atoms with E-state index in [0.717, 1.165) is 5.56 Å². The van der Waals surface area contributed by atoms with Crippen molar-refractivity contribution < 1.29 is 14.6 Å². The van der Waals surface area contributed by atoms with Crippen LogP contribution in [0.15, 0.2) is 23.0 Å². The molecule has 2 N–H and O–H groups in total. The van der Waals surface area contributed by atoms with Gasteiger partial charge in [0.1, 0.15) is 5.69 Å². The highest BCUT2D eigenvalue weighted by molar-refractivity contribution is 7.07. The number of hydrogen-bond acceptors (Lipinski definition) is 5. The SMILES string of the molecule is C#Cc1c(CCNC(=O)c2cscn2)ccc(O)c1OC. The lowest BCUT2D eigenvalue weighted by molar-refractivity contribution is 0.0950. The highest BCUT2D eigenvalue weighted by Gasteiger charge is 2.12. The second-order valence-electron chi connectivity index (χ2n) is 4.18. The fourth-order valence-corrected chi connectivity index (χ4v) is 2.44. The van der Waals surface area contributed by atoms with E-state index < -0.39 is 0 Å². The molecule has 0 saturated heterocycles. The molecule has 1 heterocycles. The smallest absolute Gasteiger partial charge is 0.270 e. The zero-order valence-corrected chi connectivity index (χ0v) is 12.2. The fraction of sp³-hybridized carbons (Fsp3) is 0.200. The van der Waals surface area contributed by atoms with Crippen molar-refractivity contribution in [3.05, 3.63) is 39.8 Å². The van der Waals surface area contributed by atoms with Gasteiger partial charge in [-0.05, 0) is 18.1 Å². The minimum Gasteiger partial charge on any atom is -0.504 e. The first-order chi connectivity index (χ1) is 10.2. The van der Waals surface area contributed by atoms with Gasteiger partial charge in [-0.15, -0.1) is 17.8 Å². The van der Waals surface area contributed by atoms with E-state index in [1.165, 1.54) is 24.5 Å². The molecule has 1 aromatic heterocycles. The van der Waals surface area contributed by atoms with Crippen molar-refractivity contribution in [2.45, 2.75) is 6.42 Å². The highest BCUT2D eigenvalue weighted by Crippen LogP contribution is 2.31. The summed E-state index contributed by atoms with van der Waals surface area (Å²) in [5.74, 6) is 2.57. The maximum Gasteiger partial charge on any atom is 0.270 e. The lowest BCUT2D eigenvalue weighted by atomic mass is 10.0. The fourth-order valence-electron chi connectivity index (χ4n) is 1.91. The summed E-state index contributed by atoms with van der Waals surface area (Å²) in [4.78, 5) is 15.7. The quantitative estimate of drug-likeness (QED) is 0.826. The predicted molar refractivity (Wildman–Crippen MR) is 80.7 cm³/mol. The molecule has 0 radical (unpaired) electrons. The standard InChI is InChI=1S/C15H14N2O3S/c1-3-11-10(4-5-13(18)14(11)20-2)6-7-16-15(19)12-8-21-9-17-12/h1,4-5,8-9,18H,6-7H2,2H3,(H,16,19). The molecule has 0 bridgehead atoms. The maximum absolute atomic E-state index is 11.8. The Hall–Kier alpha value is -2.52. The van der Waals surface area contributed by atoms with Crippen LogP contribution < -0.4 is 10.1 Å². The average Bonchev–Trinajstić information content (AvgIpc) is 3.02. The number of amides is 1. The molecule has 2 aromatic rings. The molecule has 0 atom stereocenters. The van der Waals surface area contributed by atoms with Crippen molar-refractivity contribution in [1.29, 1.82) is 0 Å². The maximum atomic E-state index is 11.8. The van der Waals surface area contributed by atoms with Gasteiger partial charge in [0, 0.05) is 11.9 Å². The second-order valence-corrected chi connectivity index (χ2v) is 4.89. The third-order valence-electron chi connectivity index (χ3n) is 2.92. The Morgan fingerprint density at radius 3 is 3.00 bits per heavy atom. The van der Waals surface area contributed by atoms with E-state index in [4.69, 9.17) is 11.2 Å². The van der Waals surface area contributed by atoms with Crippen LogP contribution in [0.3, 0.4) is 0 Å². The summed E-state index contributed by atoms with van der Waals surface area (Å²) in [6.07, 6.45) is 6.00. The first-order valence-electron chi connectivity index (χ1n) is 6.19. The molecule has 0 aliphatic rings. The molecule has 1 aromatic carbocycles. The number of hydrogen-bond donors (Lipinski definition) is 2. The number of phenols is 1. The normalized spacial score (nSPS) is 9.90. The van der Waals surface area contributed by atoms with Crippen LogP contribution in [0.2, 0.25) is 0 Å². The molecule has 1 amide bonds. The Morgan fingerprint density at radius 1 is 1.57 bits per heavy atom. The molecule has 0 fully saturated rings. The summed E-state index contributed by atoms with van der Waals surface area (Å²) in [5, 5.41) is 14.1. The molecule has 0 aliphatic carbocycles. The largest absolute Gasteiger partial charge is 0.504 e. The molecule has 0 spiro atoms. The molecule has 108 valence electrons. The van der Waals surface area contributed by atoms with Gasteiger partial charge in [-0.2, -0.15) is 0 Å². The highest BCUT2D eigenvalue weighted by atomic mass is 32.1. The molecule has 2 rings (SSSR count). The Morgan fingerprint density at radius 2 is 2.38 bits per heavy atom. The van der Waals surface area contributed by atoms with Crippen molar-refractivity contribution in [3.63, 3.8) is 0 Å². The van der Waals surface area contributed by atoms with Crippen LogP contribution in [-0.4, -0.2) is 29.7 Å². The van der Waals surface area contributed by atoms with Crippen molar-refractivity contribution >= 4 is 17.2 Å². The predicted octanol–water partition coefficient (Wildman–Crippen LogP) is 1.81. The minimum atomic E-state index is -0.218. The van der Waals surface area contributed by atoms with Gasteiger partial charge < -0.3 is 15.2 Å². The molecule has 0 unspecified atom stereocenters. The van der Waals surface area contributed by atoms with E-state index >= 15 is 0 Å². The molecule has 6 heteroatoms. The number of ether oxygens (including phenoxy) is 1. The number of thiazole rings is 1. The zero-order valence-electron chi connectivity index (χ0n) is 11.4. The van der Waals surface area contributed by atoms with E-state index in [1.807, 2.05) is 0 Å². The lowest BCUT2D eigenvalue weighted by Crippen LogP contribution is -2.26. The van der Waals surface area contributed by atoms with Gasteiger partial charge in [0.05, 0.1) is 18.2 Å². The number of terminal acetylenes is 1. The van der Waals surface area contributed by atoms with Gasteiger partial charge in [0.25, 0.3) is 5.91 Å². The van der Waals surface area contributed by atoms with E-state index in [-0.39, 0.29) is 17.4 Å². The number of nitrogens with one attached hydrogen (secondary N) is 1. The number of rotatable bonds is 5. The van der Waals surface area contributed by atoms with Crippen LogP contribution in [0.5, 0.6) is 11.5 Å². The summed E-state index contributed by atoms with van der Waals surface area (Å²) < 4.78 is 5.11. The summed E-state index contributed by atoms with van der Waals surface area (Å²) in [6.45, 7) is 0.416. The number of phenolic OH excluding ortho intramolecular Hbond substituents is 1. The molecular formula is C15H14N2O3S. The van der Waals surface area contributed by atoms with Gasteiger partial charge in [-0.1, -0.05) is 12.0 Å². The lowest BCUT2D eigenvalue weighted by Gasteiger charge is -2.11. The Bertz CT molecular complexity index is 675. The first kappa shape index (κ1) is 14.9. The Labute approximate surface area is 126 Å². The van der Waals surface area contributed by atoms with Crippen molar-refractivity contribution in [1.82, 2.24) is 10.3 Å². The first-order valence-corrected chi connectivity index (χ1v) is 7.13. The number of nitrogens with zero attached hydrogens (tertiary/aromatic N) is 1. The molecule has 0 aliphatic heterocycles. The Balaban J connectivity index is 2.04. The van der Waals surface area contributed by atoms with Gasteiger partial charge in [-0.25, -0.2) is 4.98 Å². The number of aromatic hydroxyl groups is 1. The summed E-state index contributed by atoms with van der Waals surface area (Å²) in [5.41, 5.74) is 3.34. The monoisotopic (exact) mass is 302 g/mol. The van der Waals surface area contributed by atoms with Crippen molar-refractivity contribution in [3.8, 4) is 23.8 Å². The van der Waals surface area contributed by atoms with Gasteiger partial charge in [0.2, 0.25) is 0 Å². The number of aromatic nitrogens is 1. The summed E-state index contributed by atoms with van der Waals surface area (Å²) in [7, 11) is 1.45. The summed E-state index contributed by atoms with van der Waals surface area (Å²) >= 11 is 1.37. The number of benzene rings is 1. The van der Waals surface area contributed by atoms with Gasteiger partial charge in [-0.3, -0.25) is 4.79 Å². The number of carbonyl (C=O) groups excluding carboxylic acids is 1. The van der Waals surface area contributed by atoms with E-state index in [0.29, 0.717) is 24.2 Å². The van der Waals surface area contributed by atoms with Crippen LogP contribution in [0, 0.1) is 12.3 Å². The van der Waals surface area contributed by atoms with Crippen LogP contribution in [0.25, 0.3) is 0 Å². The molecular weight excluding hydrogens is 288 g/mol. The van der Waals surface area contributed by atoms with Crippen LogP contribution >= 0.6 is 11.3 Å². The van der Waals surface area contributed by atoms with Gasteiger partial charge >= 0.3 is 0 Å². The number of methoxy groups -OCH3 is 1. The van der Waals surface area contributed by atoms with Gasteiger partial charge in [0.15, 0.2) is 11.5 Å². The third-order valence-corrected chi connectivity index (χ3v) is 3.50. The van der Waals surface area contributed by atoms with Crippen LogP contribution in [0.4, 0.5) is 0 Å². The topological polar surface area (TPSA) is 71.5 Å². The third kappa shape index (κ3) is 3.33. The minimum absolute atomic E-state index is 0.000656. The van der Waals surface area contributed by atoms with Crippen LogP contribution in [0.1, 0.15) is 21.6 Å². The van der Waals surface area contributed by atoms with Crippen molar-refractivity contribution in [2.75, 3.05) is 13.7 Å². The molecule has 21 heavy (non-hydrogen) atoms. The second kappa shape index (κ2) is 6.77. The number of carbonyl (C=O) groups is 1. The Kier molecular flexibility index (Phi) is 4.80. The molecule has 0 saturated carbocycles. The van der Waals surface area contributed by atoms with E-state index in [2.05, 4.69) is 16.2 Å². The molecule has 5 nitrogen and oxygen atoms in total. The van der Waals surface area contributed by atoms with E-state index in [1.54, 1.807) is 17.0 Å². The summed E-state index contributed by atoms with van der Waals surface area (Å²) in [6, 6.07) is 3.25. The van der Waals surface area contributed by atoms with Crippen LogP contribution in [-0.2, 0) is 6.42 Å². The van der Waals surface area contributed by atoms with Crippen molar-refractivity contribution in [2.24, 2.45) is 0 Å². The zero-order chi connectivity index (χ0) is 15.2. The van der Waals surface area contributed by atoms with E-state index in [9.17, 15) is 9.90 Å². The average molecular weight is 302 g/mol.